The number of carboxylic acid groups (broad SMARTS) is 1. The van der Waals surface area contributed by atoms with Crippen LogP contribution < -0.4 is 10.4 Å². The van der Waals surface area contributed by atoms with Crippen molar-refractivity contribution in [2.45, 2.75) is 45.8 Å². The minimum absolute atomic E-state index is 0.144. The zero-order chi connectivity index (χ0) is 22.4. The van der Waals surface area contributed by atoms with Gasteiger partial charge in [-0.05, 0) is 22.3 Å². The lowest BCUT2D eigenvalue weighted by atomic mass is 9.94. The van der Waals surface area contributed by atoms with Crippen LogP contribution in [0, 0.1) is 23.7 Å². The number of aliphatic hydroxyl groups is 1. The Hall–Kier alpha value is -2.39. The van der Waals surface area contributed by atoms with Gasteiger partial charge in [0.15, 0.2) is 0 Å². The van der Waals surface area contributed by atoms with Gasteiger partial charge in [0.1, 0.15) is 0 Å². The van der Waals surface area contributed by atoms with Crippen LogP contribution in [0.2, 0.25) is 5.04 Å². The van der Waals surface area contributed by atoms with Crippen molar-refractivity contribution in [2.24, 2.45) is 11.8 Å². The van der Waals surface area contributed by atoms with Crippen LogP contribution >= 0.6 is 0 Å². The molecule has 0 amide bonds. The summed E-state index contributed by atoms with van der Waals surface area (Å²) in [7, 11) is -2.67. The molecule has 2 aromatic rings. The van der Waals surface area contributed by atoms with Crippen molar-refractivity contribution in [1.82, 2.24) is 0 Å². The average molecular weight is 425 g/mol. The molecule has 0 aliphatic rings. The minimum Gasteiger partial charge on any atom is -0.472 e. The molecular weight excluding hydrogens is 392 g/mol. The second kappa shape index (κ2) is 10.1. The molecule has 2 aromatic carbocycles. The molecule has 0 fully saturated rings. The number of aliphatic hydroxyl groups excluding tert-OH is 1. The Morgan fingerprint density at radius 3 is 1.87 bits per heavy atom. The summed E-state index contributed by atoms with van der Waals surface area (Å²) in [6.07, 6.45) is -0.782. The van der Waals surface area contributed by atoms with E-state index in [4.69, 9.17) is 9.53 Å². The summed E-state index contributed by atoms with van der Waals surface area (Å²) in [5, 5.41) is 21.7. The standard InChI is InChI=1S/C25H32O4Si/c1-19(16-17-23(26)27)24(28)20(2)18-29-30(25(3,4)5,21-12-8-6-9-13-21)22-14-10-7-11-15-22/h6-15,19-20,24,28H,18H2,1-5H3,(H,26,27)/t19-,20-,24-/m0/s1. The molecule has 0 radical (unpaired) electrons. The number of carboxylic acids is 1. The van der Waals surface area contributed by atoms with E-state index >= 15 is 0 Å². The molecule has 5 heteroatoms. The molecule has 2 rings (SSSR count). The van der Waals surface area contributed by atoms with Crippen LogP contribution in [0.3, 0.4) is 0 Å². The highest BCUT2D eigenvalue weighted by atomic mass is 28.4. The largest absolute Gasteiger partial charge is 0.472 e. The van der Waals surface area contributed by atoms with E-state index in [2.05, 4.69) is 56.9 Å². The van der Waals surface area contributed by atoms with Crippen molar-refractivity contribution in [3.05, 3.63) is 60.7 Å². The molecule has 0 bridgehead atoms. The monoisotopic (exact) mass is 424 g/mol. The van der Waals surface area contributed by atoms with Crippen molar-refractivity contribution in [3.8, 4) is 11.8 Å². The molecule has 160 valence electrons. The highest BCUT2D eigenvalue weighted by Gasteiger charge is 2.50. The van der Waals surface area contributed by atoms with Crippen LogP contribution in [0.15, 0.2) is 60.7 Å². The number of aliphatic carboxylic acids is 1. The maximum atomic E-state index is 10.7. The molecule has 3 atom stereocenters. The van der Waals surface area contributed by atoms with Crippen molar-refractivity contribution in [2.75, 3.05) is 6.61 Å². The van der Waals surface area contributed by atoms with Gasteiger partial charge in [-0.1, -0.05) is 94.3 Å². The first kappa shape index (κ1) is 23.9. The SMILES string of the molecule is C[C@@H](C#CC(=O)O)[C@H](O)[C@@H](C)CO[Si](c1ccccc1)(c1ccccc1)C(C)(C)C. The molecule has 30 heavy (non-hydrogen) atoms. The lowest BCUT2D eigenvalue weighted by Gasteiger charge is -2.44. The van der Waals surface area contributed by atoms with E-state index in [1.54, 1.807) is 6.92 Å². The van der Waals surface area contributed by atoms with Gasteiger partial charge < -0.3 is 14.6 Å². The van der Waals surface area contributed by atoms with Gasteiger partial charge in [0.25, 0.3) is 8.32 Å². The van der Waals surface area contributed by atoms with E-state index in [9.17, 15) is 9.90 Å². The Bertz CT molecular complexity index is 839. The first-order chi connectivity index (χ1) is 14.1. The van der Waals surface area contributed by atoms with E-state index in [0.29, 0.717) is 6.61 Å². The van der Waals surface area contributed by atoms with Crippen LogP contribution in [-0.2, 0) is 9.22 Å². The highest BCUT2D eigenvalue weighted by Crippen LogP contribution is 2.37. The molecule has 0 aliphatic heterocycles. The Morgan fingerprint density at radius 2 is 1.47 bits per heavy atom. The normalized spacial score (nSPS) is 14.9. The second-order valence-electron chi connectivity index (χ2n) is 8.81. The summed E-state index contributed by atoms with van der Waals surface area (Å²) < 4.78 is 6.84. The molecule has 0 saturated heterocycles. The Morgan fingerprint density at radius 1 is 1.00 bits per heavy atom. The molecule has 4 nitrogen and oxygen atoms in total. The van der Waals surface area contributed by atoms with E-state index < -0.39 is 26.3 Å². The van der Waals surface area contributed by atoms with Crippen LogP contribution in [0.1, 0.15) is 34.6 Å². The van der Waals surface area contributed by atoms with Gasteiger partial charge in [-0.15, -0.1) is 0 Å². The van der Waals surface area contributed by atoms with Gasteiger partial charge >= 0.3 is 5.97 Å². The van der Waals surface area contributed by atoms with Crippen LogP contribution in [0.25, 0.3) is 0 Å². The molecule has 0 spiro atoms. The lowest BCUT2D eigenvalue weighted by molar-refractivity contribution is -0.130. The Labute approximate surface area is 181 Å². The van der Waals surface area contributed by atoms with Gasteiger partial charge in [0.2, 0.25) is 0 Å². The van der Waals surface area contributed by atoms with Crippen molar-refractivity contribution in [3.63, 3.8) is 0 Å². The van der Waals surface area contributed by atoms with Crippen molar-refractivity contribution in [1.29, 1.82) is 0 Å². The highest BCUT2D eigenvalue weighted by molar-refractivity contribution is 6.99. The topological polar surface area (TPSA) is 66.8 Å². The first-order valence-electron chi connectivity index (χ1n) is 10.3. The Kier molecular flexibility index (Phi) is 8.02. The maximum absolute atomic E-state index is 10.7. The maximum Gasteiger partial charge on any atom is 0.381 e. The molecule has 0 unspecified atom stereocenters. The fourth-order valence-electron chi connectivity index (χ4n) is 3.87. The van der Waals surface area contributed by atoms with Crippen molar-refractivity contribution >= 4 is 24.7 Å². The number of hydrogen-bond donors (Lipinski definition) is 2. The fraction of sp³-hybridized carbons (Fsp3) is 0.400. The predicted molar refractivity (Wildman–Crippen MR) is 123 cm³/mol. The lowest BCUT2D eigenvalue weighted by Crippen LogP contribution is -2.67. The van der Waals surface area contributed by atoms with Gasteiger partial charge in [-0.3, -0.25) is 0 Å². The summed E-state index contributed by atoms with van der Waals surface area (Å²) >= 11 is 0. The third-order valence-electron chi connectivity index (χ3n) is 5.48. The Balaban J connectivity index is 2.40. The molecule has 0 saturated carbocycles. The zero-order valence-electron chi connectivity index (χ0n) is 18.4. The van der Waals surface area contributed by atoms with Gasteiger partial charge in [-0.25, -0.2) is 4.79 Å². The molecule has 2 N–H and O–H groups in total. The van der Waals surface area contributed by atoms with Gasteiger partial charge in [-0.2, -0.15) is 0 Å². The number of rotatable bonds is 7. The minimum atomic E-state index is -2.67. The van der Waals surface area contributed by atoms with Gasteiger partial charge in [0.05, 0.1) is 6.10 Å². The summed E-state index contributed by atoms with van der Waals surface area (Å²) in [5.41, 5.74) is 0. The smallest absolute Gasteiger partial charge is 0.381 e. The first-order valence-corrected chi connectivity index (χ1v) is 12.2. The number of hydrogen-bond acceptors (Lipinski definition) is 3. The van der Waals surface area contributed by atoms with Crippen LogP contribution in [0.4, 0.5) is 0 Å². The summed E-state index contributed by atoms with van der Waals surface area (Å²) in [5.74, 6) is 2.86. The fourth-order valence-corrected chi connectivity index (χ4v) is 8.54. The number of benzene rings is 2. The van der Waals surface area contributed by atoms with E-state index in [-0.39, 0.29) is 11.0 Å². The molecule has 0 aliphatic carbocycles. The molecular formula is C25H32O4Si. The van der Waals surface area contributed by atoms with Crippen LogP contribution in [-0.4, -0.2) is 37.2 Å². The van der Waals surface area contributed by atoms with E-state index in [1.807, 2.05) is 43.3 Å². The second-order valence-corrected chi connectivity index (χ2v) is 13.1. The summed E-state index contributed by atoms with van der Waals surface area (Å²) in [6, 6.07) is 20.7. The van der Waals surface area contributed by atoms with Crippen molar-refractivity contribution < 1.29 is 19.4 Å². The summed E-state index contributed by atoms with van der Waals surface area (Å²) in [6.45, 7) is 10.6. The average Bonchev–Trinajstić information content (AvgIpc) is 2.72. The third-order valence-corrected chi connectivity index (χ3v) is 10.5. The van der Waals surface area contributed by atoms with Crippen LogP contribution in [0.5, 0.6) is 0 Å². The summed E-state index contributed by atoms with van der Waals surface area (Å²) in [4.78, 5) is 10.7. The van der Waals surface area contributed by atoms with Gasteiger partial charge in [0, 0.05) is 24.4 Å². The quantitative estimate of drug-likeness (QED) is 0.529. The molecule has 0 aromatic heterocycles. The van der Waals surface area contributed by atoms with E-state index in [0.717, 1.165) is 0 Å². The number of carbonyl (C=O) groups is 1. The van der Waals surface area contributed by atoms with E-state index in [1.165, 1.54) is 10.4 Å². The third kappa shape index (κ3) is 5.40. The predicted octanol–water partition coefficient (Wildman–Crippen LogP) is 3.28. The zero-order valence-corrected chi connectivity index (χ0v) is 19.4. The molecule has 0 heterocycles.